The van der Waals surface area contributed by atoms with E-state index in [1.807, 2.05) is 23.9 Å². The van der Waals surface area contributed by atoms with E-state index in [-0.39, 0.29) is 17.9 Å². The summed E-state index contributed by atoms with van der Waals surface area (Å²) in [6.45, 7) is 2.78. The van der Waals surface area contributed by atoms with Gasteiger partial charge in [0.15, 0.2) is 0 Å². The smallest absolute Gasteiger partial charge is 0.251 e. The number of allylic oxidation sites excluding steroid dienone is 1. The molecule has 7 heteroatoms. The van der Waals surface area contributed by atoms with E-state index in [9.17, 15) is 9.59 Å². The van der Waals surface area contributed by atoms with Gasteiger partial charge in [-0.2, -0.15) is 0 Å². The number of benzene rings is 1. The minimum Gasteiger partial charge on any atom is -0.489 e. The van der Waals surface area contributed by atoms with Gasteiger partial charge in [0, 0.05) is 51.0 Å². The van der Waals surface area contributed by atoms with Crippen LogP contribution < -0.4 is 10.1 Å². The van der Waals surface area contributed by atoms with Crippen molar-refractivity contribution < 1.29 is 14.3 Å². The Morgan fingerprint density at radius 3 is 2.65 bits per heavy atom. The first kappa shape index (κ1) is 23.6. The molecule has 1 saturated heterocycles. The third kappa shape index (κ3) is 7.25. The zero-order valence-corrected chi connectivity index (χ0v) is 19.4. The van der Waals surface area contributed by atoms with Crippen LogP contribution in [0.3, 0.4) is 0 Å². The molecule has 1 aromatic rings. The van der Waals surface area contributed by atoms with Crippen molar-refractivity contribution in [3.63, 3.8) is 0 Å². The van der Waals surface area contributed by atoms with Gasteiger partial charge in [-0.1, -0.05) is 23.3 Å². The van der Waals surface area contributed by atoms with Gasteiger partial charge in [-0.15, -0.1) is 0 Å². The standard InChI is InChI=1S/C24H34ClN3O3/c1-27(2)15-12-26-24(30)19-8-9-22(21(25)17-19)31-20-10-13-28(14-11-20)23(29)16-18-6-4-3-5-7-18/h6,8-9,17,20H,3-5,7,10-16H2,1-2H3,(H,26,30). The van der Waals surface area contributed by atoms with Gasteiger partial charge >= 0.3 is 0 Å². The van der Waals surface area contributed by atoms with E-state index in [1.54, 1.807) is 18.2 Å². The Kier molecular flexibility index (Phi) is 8.79. The fourth-order valence-electron chi connectivity index (χ4n) is 4.01. The summed E-state index contributed by atoms with van der Waals surface area (Å²) >= 11 is 6.38. The summed E-state index contributed by atoms with van der Waals surface area (Å²) in [5.41, 5.74) is 1.82. The van der Waals surface area contributed by atoms with Gasteiger partial charge in [-0.25, -0.2) is 0 Å². The third-order valence-electron chi connectivity index (χ3n) is 5.89. The largest absolute Gasteiger partial charge is 0.489 e. The summed E-state index contributed by atoms with van der Waals surface area (Å²) in [5, 5.41) is 3.31. The van der Waals surface area contributed by atoms with Gasteiger partial charge < -0.3 is 19.9 Å². The summed E-state index contributed by atoms with van der Waals surface area (Å²) in [6, 6.07) is 5.15. The number of hydrogen-bond acceptors (Lipinski definition) is 4. The molecule has 1 aliphatic heterocycles. The van der Waals surface area contributed by atoms with Crippen molar-refractivity contribution in [3.8, 4) is 5.75 Å². The molecule has 0 atom stereocenters. The predicted octanol–water partition coefficient (Wildman–Crippen LogP) is 3.89. The number of hydrogen-bond donors (Lipinski definition) is 1. The first-order chi connectivity index (χ1) is 14.9. The maximum absolute atomic E-state index is 12.6. The van der Waals surface area contributed by atoms with E-state index in [0.29, 0.717) is 42.4 Å². The highest BCUT2D eigenvalue weighted by Crippen LogP contribution is 2.29. The fraction of sp³-hybridized carbons (Fsp3) is 0.583. The van der Waals surface area contributed by atoms with Crippen LogP contribution in [-0.2, 0) is 4.79 Å². The van der Waals surface area contributed by atoms with Crippen molar-refractivity contribution in [3.05, 3.63) is 40.4 Å². The van der Waals surface area contributed by atoms with E-state index in [1.165, 1.54) is 18.4 Å². The first-order valence-corrected chi connectivity index (χ1v) is 11.6. The Morgan fingerprint density at radius 1 is 1.23 bits per heavy atom. The highest BCUT2D eigenvalue weighted by Gasteiger charge is 2.25. The van der Waals surface area contributed by atoms with E-state index in [4.69, 9.17) is 16.3 Å². The summed E-state index contributed by atoms with van der Waals surface area (Å²) in [5.74, 6) is 0.674. The fourth-order valence-corrected chi connectivity index (χ4v) is 4.23. The van der Waals surface area contributed by atoms with Gasteiger partial charge in [-0.3, -0.25) is 9.59 Å². The Hall–Kier alpha value is -2.05. The Bertz CT molecular complexity index is 801. The molecule has 0 unspecified atom stereocenters. The maximum Gasteiger partial charge on any atom is 0.251 e. The molecule has 1 aliphatic carbocycles. The van der Waals surface area contributed by atoms with Gasteiger partial charge in [0.25, 0.3) is 5.91 Å². The quantitative estimate of drug-likeness (QED) is 0.614. The number of ether oxygens (including phenoxy) is 1. The van der Waals surface area contributed by atoms with Crippen LogP contribution in [0, 0.1) is 0 Å². The van der Waals surface area contributed by atoms with Crippen molar-refractivity contribution in [2.45, 2.75) is 51.0 Å². The molecule has 2 aliphatic rings. The molecule has 3 rings (SSSR count). The highest BCUT2D eigenvalue weighted by molar-refractivity contribution is 6.32. The second-order valence-corrected chi connectivity index (χ2v) is 9.09. The maximum atomic E-state index is 12.6. The summed E-state index contributed by atoms with van der Waals surface area (Å²) in [6.07, 6.45) is 9.01. The van der Waals surface area contributed by atoms with E-state index < -0.39 is 0 Å². The van der Waals surface area contributed by atoms with E-state index >= 15 is 0 Å². The molecule has 0 aromatic heterocycles. The molecule has 1 aromatic carbocycles. The summed E-state index contributed by atoms with van der Waals surface area (Å²) in [7, 11) is 3.92. The number of carbonyl (C=O) groups excluding carboxylic acids is 2. The van der Waals surface area contributed by atoms with Gasteiger partial charge in [0.1, 0.15) is 11.9 Å². The molecule has 2 amide bonds. The Balaban J connectivity index is 1.46. The number of carbonyl (C=O) groups is 2. The molecule has 0 spiro atoms. The first-order valence-electron chi connectivity index (χ1n) is 11.3. The zero-order valence-electron chi connectivity index (χ0n) is 18.7. The average molecular weight is 448 g/mol. The molecule has 0 saturated carbocycles. The molecule has 1 fully saturated rings. The topological polar surface area (TPSA) is 61.9 Å². The molecular formula is C24H34ClN3O3. The number of halogens is 1. The van der Waals surface area contributed by atoms with Crippen molar-refractivity contribution in [1.82, 2.24) is 15.1 Å². The van der Waals surface area contributed by atoms with Crippen molar-refractivity contribution in [2.24, 2.45) is 0 Å². The molecule has 0 bridgehead atoms. The van der Waals surface area contributed by atoms with Crippen molar-refractivity contribution in [2.75, 3.05) is 40.3 Å². The lowest BCUT2D eigenvalue weighted by Gasteiger charge is -2.33. The number of piperidine rings is 1. The van der Waals surface area contributed by atoms with Crippen molar-refractivity contribution >= 4 is 23.4 Å². The minimum atomic E-state index is -0.143. The molecule has 1 N–H and O–H groups in total. The molecule has 0 radical (unpaired) electrons. The van der Waals surface area contributed by atoms with Crippen LogP contribution in [0.5, 0.6) is 5.75 Å². The van der Waals surface area contributed by atoms with Crippen LogP contribution in [0.4, 0.5) is 0 Å². The van der Waals surface area contributed by atoms with Crippen LogP contribution in [0.25, 0.3) is 0 Å². The minimum absolute atomic E-state index is 0.0233. The van der Waals surface area contributed by atoms with E-state index in [2.05, 4.69) is 11.4 Å². The lowest BCUT2D eigenvalue weighted by atomic mass is 9.96. The number of nitrogens with zero attached hydrogens (tertiary/aromatic N) is 2. The second-order valence-electron chi connectivity index (χ2n) is 8.69. The monoisotopic (exact) mass is 447 g/mol. The van der Waals surface area contributed by atoms with Gasteiger partial charge in [0.05, 0.1) is 5.02 Å². The normalized spacial score (nSPS) is 17.4. The molecular weight excluding hydrogens is 414 g/mol. The van der Waals surface area contributed by atoms with Crippen LogP contribution in [-0.4, -0.2) is 68.0 Å². The summed E-state index contributed by atoms with van der Waals surface area (Å²) in [4.78, 5) is 28.8. The van der Waals surface area contributed by atoms with Crippen LogP contribution in [0.2, 0.25) is 5.02 Å². The average Bonchev–Trinajstić information content (AvgIpc) is 2.76. The molecule has 170 valence electrons. The Labute approximate surface area is 190 Å². The lowest BCUT2D eigenvalue weighted by Crippen LogP contribution is -2.41. The van der Waals surface area contributed by atoms with Crippen LogP contribution in [0.15, 0.2) is 29.8 Å². The van der Waals surface area contributed by atoms with Gasteiger partial charge in [0.2, 0.25) is 5.91 Å². The lowest BCUT2D eigenvalue weighted by molar-refractivity contribution is -0.132. The molecule has 6 nitrogen and oxygen atoms in total. The van der Waals surface area contributed by atoms with Crippen LogP contribution >= 0.6 is 11.6 Å². The van der Waals surface area contributed by atoms with Crippen molar-refractivity contribution in [1.29, 1.82) is 0 Å². The number of rotatable bonds is 8. The van der Waals surface area contributed by atoms with Gasteiger partial charge in [-0.05, 0) is 58.0 Å². The van der Waals surface area contributed by atoms with E-state index in [0.717, 1.165) is 32.2 Å². The highest BCUT2D eigenvalue weighted by atomic mass is 35.5. The predicted molar refractivity (Wildman–Crippen MR) is 124 cm³/mol. The molecule has 31 heavy (non-hydrogen) atoms. The zero-order chi connectivity index (χ0) is 22.2. The number of likely N-dealkylation sites (tertiary alicyclic amines) is 1. The number of amides is 2. The number of likely N-dealkylation sites (N-methyl/N-ethyl adjacent to an activating group) is 1. The summed E-state index contributed by atoms with van der Waals surface area (Å²) < 4.78 is 6.09. The second kappa shape index (κ2) is 11.5. The third-order valence-corrected chi connectivity index (χ3v) is 6.19. The molecule has 1 heterocycles. The van der Waals surface area contributed by atoms with Crippen LogP contribution in [0.1, 0.15) is 55.3 Å². The SMILES string of the molecule is CN(C)CCNC(=O)c1ccc(OC2CCN(C(=O)CC3=CCCCC3)CC2)c(Cl)c1. The number of nitrogens with one attached hydrogen (secondary N) is 1. The Morgan fingerprint density at radius 2 is 2.00 bits per heavy atom.